The summed E-state index contributed by atoms with van der Waals surface area (Å²) in [4.78, 5) is 0. The van der Waals surface area contributed by atoms with Gasteiger partial charge in [-0.1, -0.05) is 38.5 Å². The summed E-state index contributed by atoms with van der Waals surface area (Å²) in [7, 11) is 0. The van der Waals surface area contributed by atoms with Gasteiger partial charge in [0.15, 0.2) is 0 Å². The third kappa shape index (κ3) is 1.95. The summed E-state index contributed by atoms with van der Waals surface area (Å²) in [6.07, 6.45) is 6.98. The van der Waals surface area contributed by atoms with Crippen LogP contribution in [0.2, 0.25) is 0 Å². The molecule has 0 bridgehead atoms. The van der Waals surface area contributed by atoms with Crippen molar-refractivity contribution < 1.29 is 0 Å². The van der Waals surface area contributed by atoms with Crippen molar-refractivity contribution in [1.29, 1.82) is 0 Å². The van der Waals surface area contributed by atoms with Crippen molar-refractivity contribution in [1.82, 2.24) is 0 Å². The molecule has 1 aliphatic heterocycles. The van der Waals surface area contributed by atoms with Crippen LogP contribution < -0.4 is 0 Å². The average molecular weight is 182 g/mol. The lowest BCUT2D eigenvalue weighted by molar-refractivity contribution is 0.369. The molecular formula is C11H18S. The fourth-order valence-electron chi connectivity index (χ4n) is 1.48. The molecule has 0 unspecified atom stereocenters. The molecule has 0 aromatic heterocycles. The summed E-state index contributed by atoms with van der Waals surface area (Å²) in [5.74, 6) is 1.19. The van der Waals surface area contributed by atoms with E-state index in [1.165, 1.54) is 18.6 Å². The predicted octanol–water partition coefficient (Wildman–Crippen LogP) is 4.00. The first-order chi connectivity index (χ1) is 5.73. The molecule has 1 aliphatic rings. The van der Waals surface area contributed by atoms with Crippen molar-refractivity contribution in [3.05, 3.63) is 23.1 Å². The Kier molecular flexibility index (Phi) is 3.45. The molecule has 0 aromatic carbocycles. The normalized spacial score (nSPS) is 17.8. The molecule has 0 radical (unpaired) electrons. The quantitative estimate of drug-likeness (QED) is 0.635. The maximum absolute atomic E-state index is 2.37. The number of rotatable bonds is 3. The van der Waals surface area contributed by atoms with Crippen LogP contribution in [-0.4, -0.2) is 5.75 Å². The molecule has 0 nitrogen and oxygen atoms in total. The van der Waals surface area contributed by atoms with E-state index in [1.807, 2.05) is 11.8 Å². The minimum Gasteiger partial charge on any atom is -0.130 e. The highest BCUT2D eigenvalue weighted by molar-refractivity contribution is 8.02. The third-order valence-electron chi connectivity index (χ3n) is 3.05. The highest BCUT2D eigenvalue weighted by Crippen LogP contribution is 2.37. The number of thioether (sulfide) groups is 1. The lowest BCUT2D eigenvalue weighted by Gasteiger charge is -2.30. The molecule has 0 saturated carbocycles. The Morgan fingerprint density at radius 3 is 2.50 bits per heavy atom. The van der Waals surface area contributed by atoms with E-state index < -0.39 is 0 Å². The highest BCUT2D eigenvalue weighted by Gasteiger charge is 2.24. The number of hydrogen-bond donors (Lipinski definition) is 0. The van der Waals surface area contributed by atoms with Gasteiger partial charge in [0.25, 0.3) is 0 Å². The maximum Gasteiger partial charge on any atom is 0.0193 e. The molecule has 0 saturated heterocycles. The summed E-state index contributed by atoms with van der Waals surface area (Å²) >= 11 is 1.91. The van der Waals surface area contributed by atoms with Crippen molar-refractivity contribution >= 4 is 11.8 Å². The van der Waals surface area contributed by atoms with E-state index in [-0.39, 0.29) is 0 Å². The van der Waals surface area contributed by atoms with E-state index in [0.29, 0.717) is 5.41 Å². The molecule has 0 aliphatic carbocycles. The van der Waals surface area contributed by atoms with E-state index in [9.17, 15) is 0 Å². The van der Waals surface area contributed by atoms with E-state index >= 15 is 0 Å². The lowest BCUT2D eigenvalue weighted by Crippen LogP contribution is -2.19. The van der Waals surface area contributed by atoms with Crippen LogP contribution >= 0.6 is 11.8 Å². The monoisotopic (exact) mass is 182 g/mol. The summed E-state index contributed by atoms with van der Waals surface area (Å²) in [5, 5.41) is 2.18. The summed E-state index contributed by atoms with van der Waals surface area (Å²) < 4.78 is 0. The van der Waals surface area contributed by atoms with Gasteiger partial charge in [-0.05, 0) is 23.7 Å². The zero-order chi connectivity index (χ0) is 9.03. The Balaban J connectivity index is 2.77. The van der Waals surface area contributed by atoms with Crippen LogP contribution in [0.25, 0.3) is 0 Å². The fraction of sp³-hybridized carbons (Fsp3) is 0.636. The van der Waals surface area contributed by atoms with Crippen LogP contribution in [0, 0.1) is 5.41 Å². The molecule has 1 heteroatoms. The minimum atomic E-state index is 0.442. The molecule has 1 rings (SSSR count). The number of hydrogen-bond acceptors (Lipinski definition) is 1. The lowest BCUT2D eigenvalue weighted by atomic mass is 9.78. The van der Waals surface area contributed by atoms with Crippen LogP contribution in [0.4, 0.5) is 0 Å². The molecule has 68 valence electrons. The molecule has 0 fully saturated rings. The van der Waals surface area contributed by atoms with Gasteiger partial charge in [-0.3, -0.25) is 0 Å². The van der Waals surface area contributed by atoms with Gasteiger partial charge < -0.3 is 0 Å². The van der Waals surface area contributed by atoms with Crippen LogP contribution in [-0.2, 0) is 0 Å². The highest BCUT2D eigenvalue weighted by atomic mass is 32.2. The Hall–Kier alpha value is -0.170. The van der Waals surface area contributed by atoms with Gasteiger partial charge in [-0.15, -0.1) is 11.8 Å². The summed E-state index contributed by atoms with van der Waals surface area (Å²) in [5.41, 5.74) is 2.05. The Bertz CT molecular complexity index is 197. The SMILES string of the molecule is CCC(C)(CC)C1=CC=CSC1. The first-order valence-corrected chi connectivity index (χ1v) is 5.75. The maximum atomic E-state index is 2.37. The summed E-state index contributed by atoms with van der Waals surface area (Å²) in [6, 6.07) is 0. The van der Waals surface area contributed by atoms with E-state index in [1.54, 1.807) is 5.57 Å². The molecule has 12 heavy (non-hydrogen) atoms. The molecule has 0 spiro atoms. The minimum absolute atomic E-state index is 0.442. The average Bonchev–Trinajstić information content (AvgIpc) is 2.18. The third-order valence-corrected chi connectivity index (χ3v) is 3.87. The van der Waals surface area contributed by atoms with Gasteiger partial charge in [-0.2, -0.15) is 0 Å². The predicted molar refractivity (Wildman–Crippen MR) is 58.4 cm³/mol. The Morgan fingerprint density at radius 2 is 2.08 bits per heavy atom. The van der Waals surface area contributed by atoms with Gasteiger partial charge in [0.1, 0.15) is 0 Å². The molecular weight excluding hydrogens is 164 g/mol. The zero-order valence-corrected chi connectivity index (χ0v) is 9.08. The fourth-order valence-corrected chi connectivity index (χ4v) is 2.39. The first-order valence-electron chi connectivity index (χ1n) is 4.70. The van der Waals surface area contributed by atoms with Crippen molar-refractivity contribution in [2.24, 2.45) is 5.41 Å². The second-order valence-electron chi connectivity index (χ2n) is 3.60. The second-order valence-corrected chi connectivity index (χ2v) is 4.49. The zero-order valence-electron chi connectivity index (χ0n) is 8.26. The van der Waals surface area contributed by atoms with E-state index in [0.717, 1.165) is 0 Å². The van der Waals surface area contributed by atoms with Gasteiger partial charge in [0.05, 0.1) is 0 Å². The Labute approximate surface area is 80.1 Å². The first kappa shape index (κ1) is 9.91. The van der Waals surface area contributed by atoms with Crippen molar-refractivity contribution in [2.45, 2.75) is 33.6 Å². The van der Waals surface area contributed by atoms with Crippen molar-refractivity contribution in [2.75, 3.05) is 5.75 Å². The van der Waals surface area contributed by atoms with Crippen LogP contribution in [0.15, 0.2) is 23.1 Å². The van der Waals surface area contributed by atoms with E-state index in [4.69, 9.17) is 0 Å². The summed E-state index contributed by atoms with van der Waals surface area (Å²) in [6.45, 7) is 6.94. The standard InChI is InChI=1S/C11H18S/c1-4-11(3,5-2)10-7-6-8-12-9-10/h6-8H,4-5,9H2,1-3H3. The molecule has 0 atom stereocenters. The Morgan fingerprint density at radius 1 is 1.42 bits per heavy atom. The van der Waals surface area contributed by atoms with E-state index in [2.05, 4.69) is 38.3 Å². The smallest absolute Gasteiger partial charge is 0.0193 e. The molecule has 0 N–H and O–H groups in total. The largest absolute Gasteiger partial charge is 0.130 e. The number of allylic oxidation sites excluding steroid dienone is 2. The van der Waals surface area contributed by atoms with Crippen LogP contribution in [0.5, 0.6) is 0 Å². The van der Waals surface area contributed by atoms with Crippen LogP contribution in [0.3, 0.4) is 0 Å². The topological polar surface area (TPSA) is 0 Å². The van der Waals surface area contributed by atoms with Gasteiger partial charge in [0, 0.05) is 5.75 Å². The van der Waals surface area contributed by atoms with Crippen molar-refractivity contribution in [3.8, 4) is 0 Å². The van der Waals surface area contributed by atoms with Gasteiger partial charge >= 0.3 is 0 Å². The van der Waals surface area contributed by atoms with Crippen molar-refractivity contribution in [3.63, 3.8) is 0 Å². The molecule has 1 heterocycles. The van der Waals surface area contributed by atoms with Gasteiger partial charge in [0.2, 0.25) is 0 Å². The van der Waals surface area contributed by atoms with Crippen LogP contribution in [0.1, 0.15) is 33.6 Å². The molecule has 0 aromatic rings. The molecule has 0 amide bonds. The van der Waals surface area contributed by atoms with Gasteiger partial charge in [-0.25, -0.2) is 0 Å². The second kappa shape index (κ2) is 4.18.